The molecule has 0 atom stereocenters. The number of fused-ring (bicyclic) bond motifs is 3. The van der Waals surface area contributed by atoms with E-state index in [1.54, 1.807) is 11.8 Å². The number of aromatic nitrogens is 4. The molecule has 4 rings (SSSR count). The van der Waals surface area contributed by atoms with Crippen LogP contribution in [-0.4, -0.2) is 63.7 Å². The Balaban J connectivity index is 1.52. The summed E-state index contributed by atoms with van der Waals surface area (Å²) in [6.07, 6.45) is 0. The van der Waals surface area contributed by atoms with Crippen molar-refractivity contribution in [1.82, 2.24) is 25.1 Å². The number of nitrogens with zero attached hydrogens (tertiary/aromatic N) is 4. The first-order valence-corrected chi connectivity index (χ1v) is 9.25. The van der Waals surface area contributed by atoms with E-state index < -0.39 is 0 Å². The molecule has 1 aliphatic rings. The number of nitrogens with one attached hydrogen (secondary N) is 1. The van der Waals surface area contributed by atoms with Gasteiger partial charge in [0.25, 0.3) is 0 Å². The zero-order valence-corrected chi connectivity index (χ0v) is 14.8. The summed E-state index contributed by atoms with van der Waals surface area (Å²) in [5.41, 5.74) is 5.22. The number of H-pyrrole nitrogens is 1. The molecule has 1 aliphatic heterocycles. The van der Waals surface area contributed by atoms with Gasteiger partial charge in [-0.3, -0.25) is 4.90 Å². The van der Waals surface area contributed by atoms with Gasteiger partial charge in [-0.25, -0.2) is 4.98 Å². The minimum absolute atomic E-state index is 0.733. The molecule has 0 unspecified atom stereocenters. The van der Waals surface area contributed by atoms with Crippen molar-refractivity contribution in [3.63, 3.8) is 0 Å². The first-order valence-electron chi connectivity index (χ1n) is 8.27. The highest BCUT2D eigenvalue weighted by Crippen LogP contribution is 2.27. The number of thioether (sulfide) groups is 1. The minimum atomic E-state index is 0.733. The molecule has 1 N–H and O–H groups in total. The molecule has 126 valence electrons. The zero-order chi connectivity index (χ0) is 16.5. The Labute approximate surface area is 145 Å². The Morgan fingerprint density at radius 1 is 1.21 bits per heavy atom. The highest BCUT2D eigenvalue weighted by Gasteiger charge is 2.13. The molecular formula is C17H21N5OS. The van der Waals surface area contributed by atoms with Crippen LogP contribution in [0.4, 0.5) is 0 Å². The molecule has 1 aromatic carbocycles. The zero-order valence-electron chi connectivity index (χ0n) is 14.0. The van der Waals surface area contributed by atoms with E-state index >= 15 is 0 Å². The van der Waals surface area contributed by atoms with Crippen LogP contribution in [0.1, 0.15) is 11.1 Å². The van der Waals surface area contributed by atoms with E-state index in [0.717, 1.165) is 65.8 Å². The molecule has 0 saturated carbocycles. The van der Waals surface area contributed by atoms with Gasteiger partial charge in [-0.1, -0.05) is 23.4 Å². The Bertz CT molecular complexity index is 872. The summed E-state index contributed by atoms with van der Waals surface area (Å²) >= 11 is 1.66. The number of ether oxygens (including phenoxy) is 1. The lowest BCUT2D eigenvalue weighted by Gasteiger charge is -2.26. The fourth-order valence-corrected chi connectivity index (χ4v) is 3.96. The van der Waals surface area contributed by atoms with Crippen molar-refractivity contribution in [3.05, 3.63) is 23.3 Å². The molecular weight excluding hydrogens is 322 g/mol. The Morgan fingerprint density at radius 2 is 2.04 bits per heavy atom. The summed E-state index contributed by atoms with van der Waals surface area (Å²) in [6.45, 7) is 8.93. The lowest BCUT2D eigenvalue weighted by molar-refractivity contribution is 0.0410. The van der Waals surface area contributed by atoms with Gasteiger partial charge in [0.2, 0.25) is 5.16 Å². The summed E-state index contributed by atoms with van der Waals surface area (Å²) < 4.78 is 5.37. The Hall–Kier alpha value is -1.70. The predicted octanol–water partition coefficient (Wildman–Crippen LogP) is 2.55. The lowest BCUT2D eigenvalue weighted by atomic mass is 10.1. The van der Waals surface area contributed by atoms with Crippen molar-refractivity contribution in [2.45, 2.75) is 19.0 Å². The van der Waals surface area contributed by atoms with E-state index in [1.165, 1.54) is 11.1 Å². The van der Waals surface area contributed by atoms with Crippen LogP contribution in [-0.2, 0) is 4.74 Å². The monoisotopic (exact) mass is 343 g/mol. The fraction of sp³-hybridized carbons (Fsp3) is 0.471. The van der Waals surface area contributed by atoms with Crippen LogP contribution < -0.4 is 0 Å². The molecule has 7 heteroatoms. The Kier molecular flexibility index (Phi) is 4.39. The van der Waals surface area contributed by atoms with E-state index in [4.69, 9.17) is 4.74 Å². The van der Waals surface area contributed by atoms with Gasteiger partial charge in [0.05, 0.1) is 18.7 Å². The molecule has 0 bridgehead atoms. The molecule has 3 heterocycles. The van der Waals surface area contributed by atoms with E-state index in [-0.39, 0.29) is 0 Å². The molecule has 1 fully saturated rings. The number of morpholine rings is 1. The number of aryl methyl sites for hydroxylation is 2. The molecule has 1 saturated heterocycles. The van der Waals surface area contributed by atoms with Crippen molar-refractivity contribution in [2.75, 3.05) is 38.6 Å². The van der Waals surface area contributed by atoms with Crippen LogP contribution in [0.3, 0.4) is 0 Å². The first-order chi connectivity index (χ1) is 11.7. The lowest BCUT2D eigenvalue weighted by Crippen LogP contribution is -2.37. The normalized spacial score (nSPS) is 16.2. The van der Waals surface area contributed by atoms with E-state index in [2.05, 4.69) is 51.0 Å². The highest BCUT2D eigenvalue weighted by atomic mass is 32.2. The number of aromatic amines is 1. The van der Waals surface area contributed by atoms with Gasteiger partial charge in [-0.2, -0.15) is 0 Å². The molecule has 3 aromatic rings. The highest BCUT2D eigenvalue weighted by molar-refractivity contribution is 7.99. The minimum Gasteiger partial charge on any atom is -0.379 e. The summed E-state index contributed by atoms with van der Waals surface area (Å²) in [5, 5.41) is 10.6. The third-order valence-corrected chi connectivity index (χ3v) is 5.21. The predicted molar refractivity (Wildman–Crippen MR) is 96.6 cm³/mol. The van der Waals surface area contributed by atoms with Crippen molar-refractivity contribution < 1.29 is 4.74 Å². The van der Waals surface area contributed by atoms with Gasteiger partial charge in [0.1, 0.15) is 5.52 Å². The van der Waals surface area contributed by atoms with Crippen molar-refractivity contribution in [3.8, 4) is 0 Å². The van der Waals surface area contributed by atoms with Crippen molar-refractivity contribution >= 4 is 33.8 Å². The maximum atomic E-state index is 5.37. The second-order valence-corrected chi connectivity index (χ2v) is 7.29. The first kappa shape index (κ1) is 15.8. The standard InChI is InChI=1S/C17H21N5OS/c1-11-9-12(2)14-13(10-11)15-16(18-14)19-17(21-20-15)24-8-5-22-3-6-23-7-4-22/h9-10H,3-8H2,1-2H3,(H,18,19,21). The molecule has 6 nitrogen and oxygen atoms in total. The molecule has 2 aromatic heterocycles. The number of rotatable bonds is 4. The summed E-state index contributed by atoms with van der Waals surface area (Å²) in [7, 11) is 0. The molecule has 0 spiro atoms. The van der Waals surface area contributed by atoms with Gasteiger partial charge in [-0.05, 0) is 25.5 Å². The topological polar surface area (TPSA) is 66.9 Å². The van der Waals surface area contributed by atoms with E-state index in [9.17, 15) is 0 Å². The smallest absolute Gasteiger partial charge is 0.211 e. The molecule has 0 aliphatic carbocycles. The Morgan fingerprint density at radius 3 is 2.88 bits per heavy atom. The van der Waals surface area contributed by atoms with Gasteiger partial charge >= 0.3 is 0 Å². The van der Waals surface area contributed by atoms with Crippen LogP contribution in [0.2, 0.25) is 0 Å². The average Bonchev–Trinajstić information content (AvgIpc) is 2.94. The molecule has 24 heavy (non-hydrogen) atoms. The summed E-state index contributed by atoms with van der Waals surface area (Å²) in [4.78, 5) is 10.5. The maximum Gasteiger partial charge on any atom is 0.211 e. The van der Waals surface area contributed by atoms with Gasteiger partial charge in [-0.15, -0.1) is 10.2 Å². The molecule has 0 radical (unpaired) electrons. The second kappa shape index (κ2) is 6.66. The largest absolute Gasteiger partial charge is 0.379 e. The number of hydrogen-bond donors (Lipinski definition) is 1. The second-order valence-electron chi connectivity index (χ2n) is 6.22. The van der Waals surface area contributed by atoms with Crippen LogP contribution in [0.5, 0.6) is 0 Å². The fourth-order valence-electron chi connectivity index (χ4n) is 3.17. The van der Waals surface area contributed by atoms with Crippen molar-refractivity contribution in [1.29, 1.82) is 0 Å². The SMILES string of the molecule is Cc1cc(C)c2[nH]c3nc(SCCN4CCOCC4)nnc3c2c1. The third-order valence-electron chi connectivity index (χ3n) is 4.39. The van der Waals surface area contributed by atoms with E-state index in [1.807, 2.05) is 0 Å². The van der Waals surface area contributed by atoms with Crippen LogP contribution in [0, 0.1) is 13.8 Å². The van der Waals surface area contributed by atoms with Crippen LogP contribution in [0.15, 0.2) is 17.3 Å². The average molecular weight is 343 g/mol. The molecule has 0 amide bonds. The van der Waals surface area contributed by atoms with Crippen LogP contribution >= 0.6 is 11.8 Å². The summed E-state index contributed by atoms with van der Waals surface area (Å²) in [5.74, 6) is 0.964. The van der Waals surface area contributed by atoms with Crippen molar-refractivity contribution in [2.24, 2.45) is 0 Å². The van der Waals surface area contributed by atoms with Gasteiger partial charge in [0.15, 0.2) is 5.65 Å². The van der Waals surface area contributed by atoms with E-state index in [0.29, 0.717) is 0 Å². The summed E-state index contributed by atoms with van der Waals surface area (Å²) in [6, 6.07) is 4.31. The third kappa shape index (κ3) is 3.11. The number of hydrogen-bond acceptors (Lipinski definition) is 6. The maximum absolute atomic E-state index is 5.37. The van der Waals surface area contributed by atoms with Gasteiger partial charge < -0.3 is 9.72 Å². The van der Waals surface area contributed by atoms with Crippen LogP contribution in [0.25, 0.3) is 22.1 Å². The van der Waals surface area contributed by atoms with Gasteiger partial charge in [0, 0.05) is 30.8 Å². The number of benzene rings is 1. The quantitative estimate of drug-likeness (QED) is 0.735.